The molecule has 3 aromatic rings. The first-order valence-electron chi connectivity index (χ1n) is 8.59. The Morgan fingerprint density at radius 1 is 0.731 bits per heavy atom. The van der Waals surface area contributed by atoms with Gasteiger partial charge in [-0.1, -0.05) is 72.8 Å². The summed E-state index contributed by atoms with van der Waals surface area (Å²) in [7, 11) is -3.59. The highest BCUT2D eigenvalue weighted by Crippen LogP contribution is 2.22. The van der Waals surface area contributed by atoms with Crippen LogP contribution in [0.15, 0.2) is 89.8 Å². The fourth-order valence-electron chi connectivity index (χ4n) is 3.02. The van der Waals surface area contributed by atoms with E-state index in [1.165, 1.54) is 0 Å². The summed E-state index contributed by atoms with van der Waals surface area (Å²) in [6, 6.07) is 26.8. The quantitative estimate of drug-likeness (QED) is 0.691. The molecule has 0 spiro atoms. The zero-order chi connectivity index (χ0) is 18.6. The Kier molecular flexibility index (Phi) is 5.25. The SMILES string of the molecule is CC(C)(Cc1ccccc1)NS(=O)(=O)c1ccc(-c2ccccc2)cc1. The van der Waals surface area contributed by atoms with E-state index in [0.717, 1.165) is 16.7 Å². The molecule has 0 bridgehead atoms. The van der Waals surface area contributed by atoms with Gasteiger partial charge in [-0.2, -0.15) is 0 Å². The lowest BCUT2D eigenvalue weighted by Crippen LogP contribution is -2.44. The van der Waals surface area contributed by atoms with Crippen LogP contribution >= 0.6 is 0 Å². The molecule has 0 atom stereocenters. The van der Waals surface area contributed by atoms with Crippen LogP contribution in [0.2, 0.25) is 0 Å². The van der Waals surface area contributed by atoms with Crippen molar-refractivity contribution in [3.05, 3.63) is 90.5 Å². The number of rotatable bonds is 6. The predicted octanol–water partition coefficient (Wildman–Crippen LogP) is 4.65. The third-order valence-corrected chi connectivity index (χ3v) is 5.89. The van der Waals surface area contributed by atoms with Crippen LogP contribution < -0.4 is 4.72 Å². The van der Waals surface area contributed by atoms with Gasteiger partial charge in [0.1, 0.15) is 0 Å². The number of sulfonamides is 1. The summed E-state index contributed by atoms with van der Waals surface area (Å²) in [5, 5.41) is 0. The van der Waals surface area contributed by atoms with Crippen LogP contribution in [0.4, 0.5) is 0 Å². The van der Waals surface area contributed by atoms with Gasteiger partial charge in [0.05, 0.1) is 4.90 Å². The first-order valence-corrected chi connectivity index (χ1v) is 10.1. The Hall–Kier alpha value is -2.43. The fraction of sp³-hybridized carbons (Fsp3) is 0.182. The molecule has 0 fully saturated rings. The molecule has 0 aliphatic carbocycles. The maximum Gasteiger partial charge on any atom is 0.241 e. The summed E-state index contributed by atoms with van der Waals surface area (Å²) in [6.45, 7) is 3.80. The molecule has 0 aliphatic rings. The predicted molar refractivity (Wildman–Crippen MR) is 106 cm³/mol. The second-order valence-electron chi connectivity index (χ2n) is 7.04. The van der Waals surface area contributed by atoms with Gasteiger partial charge in [-0.15, -0.1) is 0 Å². The topological polar surface area (TPSA) is 46.2 Å². The van der Waals surface area contributed by atoms with Gasteiger partial charge in [-0.05, 0) is 49.1 Å². The van der Waals surface area contributed by atoms with Crippen molar-refractivity contribution in [2.45, 2.75) is 30.7 Å². The van der Waals surface area contributed by atoms with Crippen LogP contribution in [-0.2, 0) is 16.4 Å². The molecule has 3 rings (SSSR count). The molecule has 0 saturated carbocycles. The van der Waals surface area contributed by atoms with Gasteiger partial charge in [-0.3, -0.25) is 0 Å². The van der Waals surface area contributed by atoms with Gasteiger partial charge in [0.2, 0.25) is 10.0 Å². The summed E-state index contributed by atoms with van der Waals surface area (Å²) in [5.74, 6) is 0. The minimum Gasteiger partial charge on any atom is -0.207 e. The van der Waals surface area contributed by atoms with E-state index >= 15 is 0 Å². The molecule has 26 heavy (non-hydrogen) atoms. The Bertz CT molecular complexity index is 948. The van der Waals surface area contributed by atoms with E-state index in [0.29, 0.717) is 6.42 Å². The number of nitrogens with one attached hydrogen (secondary N) is 1. The van der Waals surface area contributed by atoms with Crippen LogP contribution in [0.5, 0.6) is 0 Å². The second-order valence-corrected chi connectivity index (χ2v) is 8.72. The Morgan fingerprint density at radius 2 is 1.23 bits per heavy atom. The van der Waals surface area contributed by atoms with Crippen LogP contribution in [0, 0.1) is 0 Å². The first-order chi connectivity index (χ1) is 12.4. The van der Waals surface area contributed by atoms with Crippen molar-refractivity contribution in [1.82, 2.24) is 4.72 Å². The molecule has 1 N–H and O–H groups in total. The molecule has 0 aromatic heterocycles. The zero-order valence-corrected chi connectivity index (χ0v) is 15.8. The van der Waals surface area contributed by atoms with Gasteiger partial charge in [0, 0.05) is 5.54 Å². The monoisotopic (exact) mass is 365 g/mol. The van der Waals surface area contributed by atoms with Crippen LogP contribution in [-0.4, -0.2) is 14.0 Å². The van der Waals surface area contributed by atoms with Crippen molar-refractivity contribution < 1.29 is 8.42 Å². The minimum absolute atomic E-state index is 0.276. The first kappa shape index (κ1) is 18.4. The second kappa shape index (κ2) is 7.44. The van der Waals surface area contributed by atoms with Crippen molar-refractivity contribution in [3.8, 4) is 11.1 Å². The Balaban J connectivity index is 1.77. The molecule has 0 aliphatic heterocycles. The average molecular weight is 365 g/mol. The summed E-state index contributed by atoms with van der Waals surface area (Å²) in [5.41, 5.74) is 2.57. The van der Waals surface area contributed by atoms with Crippen molar-refractivity contribution in [2.75, 3.05) is 0 Å². The molecule has 0 radical (unpaired) electrons. The minimum atomic E-state index is -3.59. The maximum absolute atomic E-state index is 12.8. The smallest absolute Gasteiger partial charge is 0.207 e. The van der Waals surface area contributed by atoms with Gasteiger partial charge in [0.25, 0.3) is 0 Å². The van der Waals surface area contributed by atoms with E-state index in [2.05, 4.69) is 4.72 Å². The Morgan fingerprint density at radius 3 is 1.81 bits per heavy atom. The molecule has 0 saturated heterocycles. The highest BCUT2D eigenvalue weighted by Gasteiger charge is 2.26. The maximum atomic E-state index is 12.8. The molecule has 3 nitrogen and oxygen atoms in total. The third kappa shape index (κ3) is 4.59. The van der Waals surface area contributed by atoms with E-state index in [-0.39, 0.29) is 4.90 Å². The molecule has 3 aromatic carbocycles. The largest absolute Gasteiger partial charge is 0.241 e. The molecule has 0 heterocycles. The fourth-order valence-corrected chi connectivity index (χ4v) is 4.43. The molecule has 4 heteroatoms. The van der Waals surface area contributed by atoms with E-state index in [9.17, 15) is 8.42 Å². The normalized spacial score (nSPS) is 12.1. The highest BCUT2D eigenvalue weighted by molar-refractivity contribution is 7.89. The molecule has 0 unspecified atom stereocenters. The van der Waals surface area contributed by atoms with Crippen molar-refractivity contribution in [2.24, 2.45) is 0 Å². The van der Waals surface area contributed by atoms with Gasteiger partial charge in [-0.25, -0.2) is 13.1 Å². The molecular formula is C22H23NO2S. The summed E-state index contributed by atoms with van der Waals surface area (Å²) in [4.78, 5) is 0.276. The standard InChI is InChI=1S/C22H23NO2S/c1-22(2,17-18-9-5-3-6-10-18)23-26(24,25)21-15-13-20(14-16-21)19-11-7-4-8-12-19/h3-16,23H,17H2,1-2H3. The number of hydrogen-bond acceptors (Lipinski definition) is 2. The number of hydrogen-bond donors (Lipinski definition) is 1. The van der Waals surface area contributed by atoms with Gasteiger partial charge >= 0.3 is 0 Å². The number of benzene rings is 3. The van der Waals surface area contributed by atoms with E-state index in [1.54, 1.807) is 12.1 Å². The van der Waals surface area contributed by atoms with Crippen molar-refractivity contribution in [3.63, 3.8) is 0 Å². The summed E-state index contributed by atoms with van der Waals surface area (Å²) in [6.07, 6.45) is 0.620. The Labute approximate surface area is 155 Å². The van der Waals surface area contributed by atoms with E-state index in [1.807, 2.05) is 86.6 Å². The van der Waals surface area contributed by atoms with E-state index < -0.39 is 15.6 Å². The molecular weight excluding hydrogens is 342 g/mol. The highest BCUT2D eigenvalue weighted by atomic mass is 32.2. The average Bonchev–Trinajstić information content (AvgIpc) is 2.62. The van der Waals surface area contributed by atoms with Crippen molar-refractivity contribution in [1.29, 1.82) is 0 Å². The lowest BCUT2D eigenvalue weighted by molar-refractivity contribution is 0.450. The molecule has 134 valence electrons. The van der Waals surface area contributed by atoms with Crippen LogP contribution in [0.3, 0.4) is 0 Å². The van der Waals surface area contributed by atoms with Crippen molar-refractivity contribution >= 4 is 10.0 Å². The van der Waals surface area contributed by atoms with Crippen LogP contribution in [0.1, 0.15) is 19.4 Å². The van der Waals surface area contributed by atoms with Gasteiger partial charge < -0.3 is 0 Å². The summed E-state index contributed by atoms with van der Waals surface area (Å²) >= 11 is 0. The lowest BCUT2D eigenvalue weighted by Gasteiger charge is -2.26. The summed E-state index contributed by atoms with van der Waals surface area (Å²) < 4.78 is 28.4. The third-order valence-electron chi connectivity index (χ3n) is 4.17. The lowest BCUT2D eigenvalue weighted by atomic mass is 9.96. The zero-order valence-electron chi connectivity index (χ0n) is 15.0. The van der Waals surface area contributed by atoms with Gasteiger partial charge in [0.15, 0.2) is 0 Å². The molecule has 0 amide bonds. The van der Waals surface area contributed by atoms with Crippen LogP contribution in [0.25, 0.3) is 11.1 Å². The van der Waals surface area contributed by atoms with E-state index in [4.69, 9.17) is 0 Å².